The summed E-state index contributed by atoms with van der Waals surface area (Å²) < 4.78 is 5.03. The van der Waals surface area contributed by atoms with Gasteiger partial charge in [-0.2, -0.15) is 0 Å². The van der Waals surface area contributed by atoms with E-state index >= 15 is 0 Å². The van der Waals surface area contributed by atoms with Crippen molar-refractivity contribution >= 4 is 5.97 Å². The summed E-state index contributed by atoms with van der Waals surface area (Å²) in [6.45, 7) is 0. The van der Waals surface area contributed by atoms with Gasteiger partial charge in [0.05, 0.1) is 6.08 Å². The van der Waals surface area contributed by atoms with Crippen molar-refractivity contribution in [1.29, 1.82) is 0 Å². The van der Waals surface area contributed by atoms with Crippen LogP contribution in [0.5, 0.6) is 5.75 Å². The highest BCUT2D eigenvalue weighted by atomic mass is 16.5. The van der Waals surface area contributed by atoms with Crippen LogP contribution in [0.3, 0.4) is 0 Å². The summed E-state index contributed by atoms with van der Waals surface area (Å²) in [7, 11) is 0. The fourth-order valence-corrected chi connectivity index (χ4v) is 1.48. The second kappa shape index (κ2) is 3.65. The number of benzene rings is 1. The molecule has 4 nitrogen and oxygen atoms in total. The van der Waals surface area contributed by atoms with Crippen LogP contribution < -0.4 is 0 Å². The van der Waals surface area contributed by atoms with Gasteiger partial charge in [0.2, 0.25) is 0 Å². The van der Waals surface area contributed by atoms with E-state index in [1.165, 1.54) is 12.1 Å². The molecule has 1 aliphatic rings. The Kier molecular flexibility index (Phi) is 2.33. The molecule has 0 saturated carbocycles. The number of phenols is 1. The van der Waals surface area contributed by atoms with Gasteiger partial charge < -0.3 is 14.9 Å². The third-order valence-corrected chi connectivity index (χ3v) is 2.20. The van der Waals surface area contributed by atoms with E-state index < -0.39 is 12.1 Å². The number of aliphatic hydroxyl groups excluding tert-OH is 1. The van der Waals surface area contributed by atoms with E-state index in [4.69, 9.17) is 9.84 Å². The molecule has 0 aliphatic carbocycles. The molecule has 0 radical (unpaired) electrons. The maximum absolute atomic E-state index is 11.0. The number of hydrogen-bond acceptors (Lipinski definition) is 4. The third-order valence-electron chi connectivity index (χ3n) is 2.20. The van der Waals surface area contributed by atoms with Crippen LogP contribution in [0.2, 0.25) is 0 Å². The number of carbonyl (C=O) groups is 1. The molecule has 1 heterocycles. The molecule has 0 bridgehead atoms. The van der Waals surface area contributed by atoms with Crippen LogP contribution in [0.25, 0.3) is 0 Å². The lowest BCUT2D eigenvalue weighted by atomic mass is 10.0. The monoisotopic (exact) mass is 206 g/mol. The summed E-state index contributed by atoms with van der Waals surface area (Å²) in [5.41, 5.74) is 0.751. The lowest BCUT2D eigenvalue weighted by Crippen LogP contribution is -2.15. The first kappa shape index (κ1) is 9.58. The first-order valence-corrected chi connectivity index (χ1v) is 4.54. The van der Waals surface area contributed by atoms with Crippen LogP contribution >= 0.6 is 0 Å². The van der Waals surface area contributed by atoms with Crippen LogP contribution in [0.15, 0.2) is 36.1 Å². The van der Waals surface area contributed by atoms with Gasteiger partial charge in [0.25, 0.3) is 0 Å². The number of ether oxygens (including phenoxy) is 1. The molecule has 78 valence electrons. The van der Waals surface area contributed by atoms with Crippen molar-refractivity contribution in [1.82, 2.24) is 0 Å². The van der Waals surface area contributed by atoms with E-state index in [0.29, 0.717) is 0 Å². The smallest absolute Gasteiger partial charge is 0.334 e. The van der Waals surface area contributed by atoms with Crippen LogP contribution in [0, 0.1) is 0 Å². The molecular weight excluding hydrogens is 196 g/mol. The largest absolute Gasteiger partial charge is 0.512 e. The standard InChI is InChI=1S/C11H10O4/c12-8-3-1-7(2-4-8)10-5-9(13)6-11(14)15-10/h1-4,6,10,12-13H,5H2. The van der Waals surface area contributed by atoms with Gasteiger partial charge in [0, 0.05) is 6.42 Å². The van der Waals surface area contributed by atoms with E-state index in [0.717, 1.165) is 11.6 Å². The average Bonchev–Trinajstić information content (AvgIpc) is 2.17. The van der Waals surface area contributed by atoms with Crippen LogP contribution in [-0.4, -0.2) is 16.2 Å². The number of carbonyl (C=O) groups excluding carboxylic acids is 1. The molecule has 0 saturated heterocycles. The Morgan fingerprint density at radius 3 is 2.47 bits per heavy atom. The SMILES string of the molecule is O=C1C=C(O)CC(c2ccc(O)cc2)O1. The van der Waals surface area contributed by atoms with Gasteiger partial charge in [-0.05, 0) is 17.7 Å². The number of esters is 1. The zero-order valence-corrected chi connectivity index (χ0v) is 7.88. The molecule has 15 heavy (non-hydrogen) atoms. The Morgan fingerprint density at radius 2 is 1.87 bits per heavy atom. The normalized spacial score (nSPS) is 20.7. The summed E-state index contributed by atoms with van der Waals surface area (Å²) >= 11 is 0. The minimum atomic E-state index is -0.545. The number of aliphatic hydroxyl groups is 1. The van der Waals surface area contributed by atoms with Gasteiger partial charge in [0.15, 0.2) is 0 Å². The molecule has 1 aromatic rings. The number of phenolic OH excluding ortho intramolecular Hbond substituents is 1. The van der Waals surface area contributed by atoms with Crippen LogP contribution in [-0.2, 0) is 9.53 Å². The Hall–Kier alpha value is -1.97. The first-order valence-electron chi connectivity index (χ1n) is 4.54. The molecule has 0 aromatic heterocycles. The van der Waals surface area contributed by atoms with E-state index in [9.17, 15) is 9.90 Å². The number of aromatic hydroxyl groups is 1. The number of rotatable bonds is 1. The molecule has 0 fully saturated rings. The second-order valence-electron chi connectivity index (χ2n) is 3.36. The first-order chi connectivity index (χ1) is 7.15. The van der Waals surface area contributed by atoms with Crippen molar-refractivity contribution in [2.45, 2.75) is 12.5 Å². The highest BCUT2D eigenvalue weighted by molar-refractivity contribution is 5.83. The molecule has 2 N–H and O–H groups in total. The molecule has 0 spiro atoms. The molecule has 4 heteroatoms. The van der Waals surface area contributed by atoms with Crippen molar-refractivity contribution in [2.24, 2.45) is 0 Å². The Balaban J connectivity index is 2.22. The zero-order chi connectivity index (χ0) is 10.8. The highest BCUT2D eigenvalue weighted by Crippen LogP contribution is 2.28. The summed E-state index contributed by atoms with van der Waals surface area (Å²) in [6.07, 6.45) is 0.871. The molecule has 2 rings (SSSR count). The third kappa shape index (κ3) is 2.10. The fourth-order valence-electron chi connectivity index (χ4n) is 1.48. The number of hydrogen-bond donors (Lipinski definition) is 2. The summed E-state index contributed by atoms with van der Waals surface area (Å²) in [5.74, 6) is -0.373. The summed E-state index contributed by atoms with van der Waals surface area (Å²) in [4.78, 5) is 11.0. The van der Waals surface area contributed by atoms with Crippen LogP contribution in [0.1, 0.15) is 18.1 Å². The molecule has 1 aliphatic heterocycles. The number of cyclic esters (lactones) is 1. The van der Waals surface area contributed by atoms with Crippen molar-refractivity contribution < 1.29 is 19.7 Å². The van der Waals surface area contributed by atoms with Crippen molar-refractivity contribution in [3.8, 4) is 5.75 Å². The van der Waals surface area contributed by atoms with E-state index in [-0.39, 0.29) is 17.9 Å². The van der Waals surface area contributed by atoms with E-state index in [1.54, 1.807) is 12.1 Å². The molecule has 1 unspecified atom stereocenters. The van der Waals surface area contributed by atoms with Gasteiger partial charge in [-0.1, -0.05) is 12.1 Å². The van der Waals surface area contributed by atoms with Crippen molar-refractivity contribution in [2.75, 3.05) is 0 Å². The van der Waals surface area contributed by atoms with Gasteiger partial charge in [0.1, 0.15) is 17.6 Å². The molecule has 1 atom stereocenters. The molecular formula is C11H10O4. The minimum Gasteiger partial charge on any atom is -0.512 e. The Bertz CT molecular complexity index is 405. The van der Waals surface area contributed by atoms with Gasteiger partial charge >= 0.3 is 5.97 Å². The average molecular weight is 206 g/mol. The fraction of sp³-hybridized carbons (Fsp3) is 0.182. The Morgan fingerprint density at radius 1 is 1.20 bits per heavy atom. The maximum Gasteiger partial charge on any atom is 0.334 e. The lowest BCUT2D eigenvalue weighted by Gasteiger charge is -2.20. The van der Waals surface area contributed by atoms with Gasteiger partial charge in [-0.15, -0.1) is 0 Å². The Labute approximate surface area is 86.4 Å². The summed E-state index contributed by atoms with van der Waals surface area (Å²) in [6, 6.07) is 6.34. The van der Waals surface area contributed by atoms with Gasteiger partial charge in [-0.25, -0.2) is 4.79 Å². The zero-order valence-electron chi connectivity index (χ0n) is 7.88. The molecule has 0 amide bonds. The predicted molar refractivity (Wildman–Crippen MR) is 52.3 cm³/mol. The minimum absolute atomic E-state index is 0.0179. The topological polar surface area (TPSA) is 66.8 Å². The highest BCUT2D eigenvalue weighted by Gasteiger charge is 2.22. The summed E-state index contributed by atoms with van der Waals surface area (Å²) in [5, 5.41) is 18.4. The predicted octanol–water partition coefficient (Wildman–Crippen LogP) is 1.82. The lowest BCUT2D eigenvalue weighted by molar-refractivity contribution is -0.145. The van der Waals surface area contributed by atoms with Gasteiger partial charge in [-0.3, -0.25) is 0 Å². The van der Waals surface area contributed by atoms with Crippen LogP contribution in [0.4, 0.5) is 0 Å². The van der Waals surface area contributed by atoms with Crippen molar-refractivity contribution in [3.05, 3.63) is 41.7 Å². The maximum atomic E-state index is 11.0. The quantitative estimate of drug-likeness (QED) is 0.688. The van der Waals surface area contributed by atoms with Crippen molar-refractivity contribution in [3.63, 3.8) is 0 Å². The van der Waals surface area contributed by atoms with E-state index in [2.05, 4.69) is 0 Å². The second-order valence-corrected chi connectivity index (χ2v) is 3.36. The van der Waals surface area contributed by atoms with E-state index in [1.807, 2.05) is 0 Å². The molecule has 1 aromatic carbocycles.